The fraction of sp³-hybridized carbons (Fsp3) is 0.321. The smallest absolute Gasteiger partial charge is 0.430 e. The second-order valence-corrected chi connectivity index (χ2v) is 10.5. The standard InChI is InChI=1S/C28H21ClF6N2O5/c29-18-10-20-19(36-25(37-20)42-22-12-41-23-21(38)11-40-24(22)23)9-17(18)15-3-1-13(2-4-15)14-5-7-16(8-6-14)26(39,27(30,31)32)28(33,34)35/h1-10,21-24,38-39H,11-12H2,(H,36,37)/t21?,22-,23-,24-/m1/s1. The highest BCUT2D eigenvalue weighted by Gasteiger charge is 2.71. The summed E-state index contributed by atoms with van der Waals surface area (Å²) in [5.74, 6) is 0. The van der Waals surface area contributed by atoms with E-state index in [2.05, 4.69) is 9.97 Å². The van der Waals surface area contributed by atoms with Crippen LogP contribution >= 0.6 is 11.6 Å². The van der Waals surface area contributed by atoms with Crippen LogP contribution in [0.4, 0.5) is 26.3 Å². The molecule has 222 valence electrons. The third-order valence-electron chi connectivity index (χ3n) is 7.45. The van der Waals surface area contributed by atoms with Gasteiger partial charge in [0.15, 0.2) is 6.10 Å². The van der Waals surface area contributed by atoms with Gasteiger partial charge in [-0.25, -0.2) is 0 Å². The molecule has 1 aromatic heterocycles. The van der Waals surface area contributed by atoms with Crippen molar-refractivity contribution < 1.29 is 50.8 Å². The summed E-state index contributed by atoms with van der Waals surface area (Å²) in [5, 5.41) is 19.9. The largest absolute Gasteiger partial charge is 0.456 e. The van der Waals surface area contributed by atoms with E-state index in [0.29, 0.717) is 50.4 Å². The average Bonchev–Trinajstić information content (AvgIpc) is 3.63. The zero-order valence-corrected chi connectivity index (χ0v) is 22.0. The van der Waals surface area contributed by atoms with Crippen LogP contribution in [0.5, 0.6) is 6.01 Å². The number of fused-ring (bicyclic) bond motifs is 2. The van der Waals surface area contributed by atoms with E-state index in [-0.39, 0.29) is 19.2 Å². The number of nitrogens with zero attached hydrogens (tertiary/aromatic N) is 1. The van der Waals surface area contributed by atoms with Crippen LogP contribution in [0.1, 0.15) is 5.56 Å². The second kappa shape index (κ2) is 10.1. The van der Waals surface area contributed by atoms with Gasteiger partial charge in [0.25, 0.3) is 11.6 Å². The van der Waals surface area contributed by atoms with E-state index in [1.165, 1.54) is 0 Å². The normalized spacial score (nSPS) is 23.0. The maximum absolute atomic E-state index is 13.2. The minimum Gasteiger partial charge on any atom is -0.456 e. The third-order valence-corrected chi connectivity index (χ3v) is 7.76. The van der Waals surface area contributed by atoms with Crippen molar-refractivity contribution in [2.75, 3.05) is 13.2 Å². The van der Waals surface area contributed by atoms with Crippen LogP contribution in [0.2, 0.25) is 5.02 Å². The molecule has 42 heavy (non-hydrogen) atoms. The lowest BCUT2D eigenvalue weighted by molar-refractivity contribution is -0.376. The van der Waals surface area contributed by atoms with Crippen molar-refractivity contribution in [1.29, 1.82) is 0 Å². The number of aromatic nitrogens is 2. The van der Waals surface area contributed by atoms with Crippen LogP contribution in [-0.4, -0.2) is 70.2 Å². The number of alkyl halides is 6. The number of hydrogen-bond donors (Lipinski definition) is 3. The molecule has 0 bridgehead atoms. The molecule has 3 aromatic carbocycles. The predicted octanol–water partition coefficient (Wildman–Crippen LogP) is 5.77. The molecule has 0 radical (unpaired) electrons. The summed E-state index contributed by atoms with van der Waals surface area (Å²) in [7, 11) is 0. The zero-order chi connectivity index (χ0) is 30.0. The monoisotopic (exact) mass is 614 g/mol. The van der Waals surface area contributed by atoms with Crippen molar-refractivity contribution in [3.8, 4) is 28.3 Å². The number of benzene rings is 3. The second-order valence-electron chi connectivity index (χ2n) is 10.1. The molecule has 3 N–H and O–H groups in total. The molecule has 4 aromatic rings. The number of H-pyrrole nitrogens is 1. The van der Waals surface area contributed by atoms with Crippen LogP contribution < -0.4 is 4.74 Å². The van der Waals surface area contributed by atoms with Crippen molar-refractivity contribution in [3.05, 3.63) is 71.2 Å². The molecule has 3 heterocycles. The summed E-state index contributed by atoms with van der Waals surface area (Å²) in [6, 6.07) is 13.6. The van der Waals surface area contributed by atoms with Gasteiger partial charge in [-0.15, -0.1) is 0 Å². The first-order valence-corrected chi connectivity index (χ1v) is 13.0. The third kappa shape index (κ3) is 4.78. The zero-order valence-electron chi connectivity index (χ0n) is 21.2. The van der Waals surface area contributed by atoms with Gasteiger partial charge >= 0.3 is 12.4 Å². The molecule has 0 saturated carbocycles. The lowest BCUT2D eigenvalue weighted by Crippen LogP contribution is -2.53. The number of aromatic amines is 1. The SMILES string of the molecule is OC1CO[C@H]2[C@@H]1OC[C@H]2Oc1nc2cc(-c3ccc(-c4ccc(C(O)(C(F)(F)F)C(F)(F)F)cc4)cc3)c(Cl)cc2[nH]1. The number of nitrogens with one attached hydrogen (secondary N) is 1. The van der Waals surface area contributed by atoms with Gasteiger partial charge in [0.2, 0.25) is 0 Å². The predicted molar refractivity (Wildman–Crippen MR) is 138 cm³/mol. The highest BCUT2D eigenvalue weighted by Crippen LogP contribution is 2.50. The summed E-state index contributed by atoms with van der Waals surface area (Å²) in [6.45, 7) is 0.397. The van der Waals surface area contributed by atoms with Crippen LogP contribution in [0.3, 0.4) is 0 Å². The van der Waals surface area contributed by atoms with Crippen molar-refractivity contribution in [2.45, 2.75) is 42.4 Å². The van der Waals surface area contributed by atoms with Gasteiger partial charge in [-0.2, -0.15) is 31.3 Å². The Morgan fingerprint density at radius 2 is 1.40 bits per heavy atom. The van der Waals surface area contributed by atoms with Gasteiger partial charge < -0.3 is 29.4 Å². The lowest BCUT2D eigenvalue weighted by Gasteiger charge is -2.32. The molecule has 0 spiro atoms. The Kier molecular flexibility index (Phi) is 6.93. The first kappa shape index (κ1) is 28.7. The summed E-state index contributed by atoms with van der Waals surface area (Å²) in [5.41, 5.74) is -3.02. The Labute approximate surface area is 238 Å². The van der Waals surface area contributed by atoms with Crippen LogP contribution in [-0.2, 0) is 15.1 Å². The molecule has 0 amide bonds. The van der Waals surface area contributed by atoms with E-state index in [0.717, 1.165) is 12.1 Å². The Bertz CT molecular complexity index is 1590. The van der Waals surface area contributed by atoms with Gasteiger partial charge in [0.05, 0.1) is 29.3 Å². The number of aliphatic hydroxyl groups excluding tert-OH is 1. The number of hydrogen-bond acceptors (Lipinski definition) is 6. The minimum absolute atomic E-state index is 0.165. The highest BCUT2D eigenvalue weighted by molar-refractivity contribution is 6.34. The number of aliphatic hydroxyl groups is 2. The van der Waals surface area contributed by atoms with Gasteiger partial charge in [-0.1, -0.05) is 60.1 Å². The molecule has 0 aliphatic carbocycles. The summed E-state index contributed by atoms with van der Waals surface area (Å²) >= 11 is 6.53. The van der Waals surface area contributed by atoms with E-state index < -0.39 is 47.9 Å². The molecule has 4 atom stereocenters. The fourth-order valence-corrected chi connectivity index (χ4v) is 5.48. The molecule has 2 saturated heterocycles. The summed E-state index contributed by atoms with van der Waals surface area (Å²) in [4.78, 5) is 7.52. The van der Waals surface area contributed by atoms with Crippen molar-refractivity contribution >= 4 is 22.6 Å². The molecule has 1 unspecified atom stereocenters. The van der Waals surface area contributed by atoms with Gasteiger partial charge in [0, 0.05) is 11.1 Å². The Balaban J connectivity index is 1.22. The van der Waals surface area contributed by atoms with Gasteiger partial charge in [-0.3, -0.25) is 0 Å². The Morgan fingerprint density at radius 1 is 0.833 bits per heavy atom. The molecular formula is C28H21ClF6N2O5. The molecular weight excluding hydrogens is 594 g/mol. The topological polar surface area (TPSA) is 96.8 Å². The quantitative estimate of drug-likeness (QED) is 0.247. The maximum Gasteiger partial charge on any atom is 0.430 e. The van der Waals surface area contributed by atoms with Crippen molar-refractivity contribution in [3.63, 3.8) is 0 Å². The average molecular weight is 615 g/mol. The summed E-state index contributed by atoms with van der Waals surface area (Å²) < 4.78 is 96.2. The minimum atomic E-state index is -5.96. The van der Waals surface area contributed by atoms with E-state index in [9.17, 15) is 36.6 Å². The van der Waals surface area contributed by atoms with Crippen LogP contribution in [0, 0.1) is 0 Å². The number of imidazole rings is 1. The number of ether oxygens (including phenoxy) is 3. The van der Waals surface area contributed by atoms with Crippen LogP contribution in [0.25, 0.3) is 33.3 Å². The Morgan fingerprint density at radius 3 is 2.02 bits per heavy atom. The summed E-state index contributed by atoms with van der Waals surface area (Å²) in [6.07, 6.45) is -14.0. The maximum atomic E-state index is 13.2. The molecule has 2 aliphatic heterocycles. The number of rotatable bonds is 5. The highest BCUT2D eigenvalue weighted by atomic mass is 35.5. The first-order valence-electron chi connectivity index (χ1n) is 12.6. The van der Waals surface area contributed by atoms with Gasteiger partial charge in [-0.05, 0) is 28.8 Å². The Hall–Kier alpha value is -3.36. The molecule has 14 heteroatoms. The molecule has 6 rings (SSSR count). The van der Waals surface area contributed by atoms with E-state index in [1.54, 1.807) is 36.4 Å². The fourth-order valence-electron chi connectivity index (χ4n) is 5.21. The van der Waals surface area contributed by atoms with E-state index in [1.807, 2.05) is 0 Å². The van der Waals surface area contributed by atoms with E-state index in [4.69, 9.17) is 25.8 Å². The number of halogens is 7. The first-order chi connectivity index (χ1) is 19.8. The molecule has 2 fully saturated rings. The van der Waals surface area contributed by atoms with E-state index >= 15 is 0 Å². The molecule has 7 nitrogen and oxygen atoms in total. The van der Waals surface area contributed by atoms with Crippen molar-refractivity contribution in [2.24, 2.45) is 0 Å². The lowest BCUT2D eigenvalue weighted by atomic mass is 9.90. The molecule has 2 aliphatic rings. The van der Waals surface area contributed by atoms with Crippen molar-refractivity contribution in [1.82, 2.24) is 9.97 Å². The van der Waals surface area contributed by atoms with Crippen LogP contribution in [0.15, 0.2) is 60.7 Å². The van der Waals surface area contributed by atoms with Gasteiger partial charge in [0.1, 0.15) is 18.3 Å².